The lowest BCUT2D eigenvalue weighted by Crippen LogP contribution is -2.01. The summed E-state index contributed by atoms with van der Waals surface area (Å²) in [6.07, 6.45) is 0.882. The van der Waals surface area contributed by atoms with Crippen molar-refractivity contribution in [1.82, 2.24) is 0 Å². The number of hydrogen-bond donors (Lipinski definition) is 1. The molecule has 1 aliphatic rings. The van der Waals surface area contributed by atoms with Crippen LogP contribution in [0.4, 0.5) is 5.69 Å². The van der Waals surface area contributed by atoms with E-state index in [1.54, 1.807) is 18.2 Å². The maximum atomic E-state index is 12.6. The molecule has 1 unspecified atom stereocenters. The number of halogens is 2. The Kier molecular flexibility index (Phi) is 4.24. The smallest absolute Gasteiger partial charge is 0.126 e. The Balaban J connectivity index is 1.94. The molecular weight excluding hydrogens is 374 g/mol. The molecule has 2 aromatic carbocycles. The van der Waals surface area contributed by atoms with Gasteiger partial charge in [0.05, 0.1) is 33.1 Å². The van der Waals surface area contributed by atoms with Crippen LogP contribution in [-0.2, 0) is 23.0 Å². The van der Waals surface area contributed by atoms with Gasteiger partial charge >= 0.3 is 0 Å². The standard InChI is InChI=1S/C15H13BrClNO2S/c16-11-5-9-3-4-20-15(9)10(6-11)8-21(19)14-7-12(18)1-2-13(14)17/h1-2,5-7H,3-4,8,18H2. The number of rotatable bonds is 3. The van der Waals surface area contributed by atoms with Gasteiger partial charge in [-0.05, 0) is 35.9 Å². The fraction of sp³-hybridized carbons (Fsp3) is 0.200. The maximum Gasteiger partial charge on any atom is 0.126 e. The first-order valence-electron chi connectivity index (χ1n) is 6.42. The van der Waals surface area contributed by atoms with Crippen LogP contribution in [0.3, 0.4) is 0 Å². The van der Waals surface area contributed by atoms with E-state index in [1.807, 2.05) is 12.1 Å². The minimum absolute atomic E-state index is 0.352. The molecule has 3 nitrogen and oxygen atoms in total. The molecule has 0 spiro atoms. The number of fused-ring (bicyclic) bond motifs is 1. The third kappa shape index (κ3) is 3.10. The van der Waals surface area contributed by atoms with Gasteiger partial charge in [-0.3, -0.25) is 4.21 Å². The Morgan fingerprint density at radius 1 is 1.33 bits per heavy atom. The lowest BCUT2D eigenvalue weighted by Gasteiger charge is -2.10. The molecule has 1 heterocycles. The molecule has 3 rings (SSSR count). The Morgan fingerprint density at radius 3 is 2.95 bits per heavy atom. The molecule has 2 N–H and O–H groups in total. The molecule has 0 aromatic heterocycles. The Bertz CT molecular complexity index is 736. The largest absolute Gasteiger partial charge is 0.493 e. The Hall–Kier alpha value is -1.04. The molecule has 0 saturated heterocycles. The maximum absolute atomic E-state index is 12.6. The van der Waals surface area contributed by atoms with Crippen LogP contribution in [-0.4, -0.2) is 10.8 Å². The zero-order valence-electron chi connectivity index (χ0n) is 11.1. The van der Waals surface area contributed by atoms with E-state index in [0.29, 0.717) is 28.0 Å². The zero-order chi connectivity index (χ0) is 15.0. The van der Waals surface area contributed by atoms with Crippen molar-refractivity contribution >= 4 is 44.0 Å². The van der Waals surface area contributed by atoms with Gasteiger partial charge in [-0.2, -0.15) is 0 Å². The second-order valence-electron chi connectivity index (χ2n) is 4.83. The SMILES string of the molecule is Nc1ccc(Cl)c(S(=O)Cc2cc(Br)cc3c2OCC3)c1. The Labute approximate surface area is 139 Å². The van der Waals surface area contributed by atoms with Crippen molar-refractivity contribution in [2.45, 2.75) is 17.1 Å². The molecule has 1 atom stereocenters. The van der Waals surface area contributed by atoms with Crippen LogP contribution >= 0.6 is 27.5 Å². The Morgan fingerprint density at radius 2 is 2.14 bits per heavy atom. The fourth-order valence-corrected chi connectivity index (χ4v) is 4.50. The van der Waals surface area contributed by atoms with Crippen molar-refractivity contribution in [1.29, 1.82) is 0 Å². The molecule has 0 aliphatic carbocycles. The highest BCUT2D eigenvalue weighted by Gasteiger charge is 2.20. The van der Waals surface area contributed by atoms with Crippen molar-refractivity contribution in [3.8, 4) is 5.75 Å². The van der Waals surface area contributed by atoms with Gasteiger partial charge in [0, 0.05) is 22.1 Å². The van der Waals surface area contributed by atoms with Crippen molar-refractivity contribution in [3.63, 3.8) is 0 Å². The average molecular weight is 387 g/mol. The van der Waals surface area contributed by atoms with Gasteiger partial charge in [0.25, 0.3) is 0 Å². The van der Waals surface area contributed by atoms with E-state index < -0.39 is 10.8 Å². The van der Waals surface area contributed by atoms with E-state index in [2.05, 4.69) is 15.9 Å². The van der Waals surface area contributed by atoms with Crippen molar-refractivity contribution in [2.75, 3.05) is 12.3 Å². The first-order chi connectivity index (χ1) is 10.0. The average Bonchev–Trinajstić information content (AvgIpc) is 2.89. The van der Waals surface area contributed by atoms with E-state index in [0.717, 1.165) is 27.8 Å². The summed E-state index contributed by atoms with van der Waals surface area (Å²) in [6, 6.07) is 9.02. The van der Waals surface area contributed by atoms with Gasteiger partial charge in [-0.1, -0.05) is 27.5 Å². The molecule has 0 bridgehead atoms. The van der Waals surface area contributed by atoms with E-state index in [9.17, 15) is 4.21 Å². The number of hydrogen-bond acceptors (Lipinski definition) is 3. The van der Waals surface area contributed by atoms with Gasteiger partial charge < -0.3 is 10.5 Å². The normalized spacial score (nSPS) is 14.6. The minimum Gasteiger partial charge on any atom is -0.493 e. The highest BCUT2D eigenvalue weighted by Crippen LogP contribution is 2.35. The van der Waals surface area contributed by atoms with Crippen molar-refractivity contribution < 1.29 is 8.95 Å². The van der Waals surface area contributed by atoms with Crippen LogP contribution in [0.25, 0.3) is 0 Å². The van der Waals surface area contributed by atoms with Crippen LogP contribution in [0.15, 0.2) is 39.7 Å². The van der Waals surface area contributed by atoms with Gasteiger partial charge in [0.2, 0.25) is 0 Å². The predicted molar refractivity (Wildman–Crippen MR) is 89.3 cm³/mol. The molecule has 6 heteroatoms. The zero-order valence-corrected chi connectivity index (χ0v) is 14.2. The summed E-state index contributed by atoms with van der Waals surface area (Å²) in [5.41, 5.74) is 8.37. The lowest BCUT2D eigenvalue weighted by molar-refractivity contribution is 0.354. The summed E-state index contributed by atoms with van der Waals surface area (Å²) >= 11 is 9.60. The molecule has 1 aliphatic heterocycles. The minimum atomic E-state index is -1.27. The van der Waals surface area contributed by atoms with Crippen LogP contribution < -0.4 is 10.5 Å². The molecular formula is C15H13BrClNO2S. The second kappa shape index (κ2) is 5.99. The molecule has 0 fully saturated rings. The van der Waals surface area contributed by atoms with Gasteiger partial charge in [0.1, 0.15) is 5.75 Å². The quantitative estimate of drug-likeness (QED) is 0.813. The molecule has 110 valence electrons. The third-order valence-electron chi connectivity index (χ3n) is 3.31. The van der Waals surface area contributed by atoms with Crippen LogP contribution in [0, 0.1) is 0 Å². The first-order valence-corrected chi connectivity index (χ1v) is 8.91. The summed E-state index contributed by atoms with van der Waals surface area (Å²) in [5.74, 6) is 1.21. The second-order valence-corrected chi connectivity index (χ2v) is 7.57. The number of benzene rings is 2. The van der Waals surface area contributed by atoms with Gasteiger partial charge in [0.15, 0.2) is 0 Å². The molecule has 0 saturated carbocycles. The third-order valence-corrected chi connectivity index (χ3v) is 5.61. The summed E-state index contributed by atoms with van der Waals surface area (Å²) in [4.78, 5) is 0.559. The van der Waals surface area contributed by atoms with E-state index in [-0.39, 0.29) is 0 Å². The highest BCUT2D eigenvalue weighted by atomic mass is 79.9. The predicted octanol–water partition coefficient (Wildman–Crippen LogP) is 3.93. The van der Waals surface area contributed by atoms with Crippen molar-refractivity contribution in [2.24, 2.45) is 0 Å². The number of nitrogens with two attached hydrogens (primary N) is 1. The van der Waals surface area contributed by atoms with E-state index in [4.69, 9.17) is 22.1 Å². The van der Waals surface area contributed by atoms with Crippen LogP contribution in [0.1, 0.15) is 11.1 Å². The monoisotopic (exact) mass is 385 g/mol. The number of nitrogen functional groups attached to an aromatic ring is 1. The summed E-state index contributed by atoms with van der Waals surface area (Å²) in [7, 11) is -1.27. The molecule has 21 heavy (non-hydrogen) atoms. The van der Waals surface area contributed by atoms with Crippen molar-refractivity contribution in [3.05, 3.63) is 51.0 Å². The van der Waals surface area contributed by atoms with E-state index >= 15 is 0 Å². The molecule has 0 amide bonds. The topological polar surface area (TPSA) is 52.3 Å². The molecule has 0 radical (unpaired) electrons. The first kappa shape index (κ1) is 14.9. The molecule has 2 aromatic rings. The van der Waals surface area contributed by atoms with Gasteiger partial charge in [-0.15, -0.1) is 0 Å². The lowest BCUT2D eigenvalue weighted by atomic mass is 10.1. The number of anilines is 1. The highest BCUT2D eigenvalue weighted by molar-refractivity contribution is 9.10. The summed E-state index contributed by atoms with van der Waals surface area (Å²) in [6.45, 7) is 0.671. The number of ether oxygens (including phenoxy) is 1. The van der Waals surface area contributed by atoms with Gasteiger partial charge in [-0.25, -0.2) is 0 Å². The van der Waals surface area contributed by atoms with Crippen LogP contribution in [0.2, 0.25) is 5.02 Å². The van der Waals surface area contributed by atoms with E-state index in [1.165, 1.54) is 0 Å². The summed E-state index contributed by atoms with van der Waals surface area (Å²) < 4.78 is 19.2. The summed E-state index contributed by atoms with van der Waals surface area (Å²) in [5, 5.41) is 0.468. The fourth-order valence-electron chi connectivity index (χ4n) is 2.37. The van der Waals surface area contributed by atoms with Crippen LogP contribution in [0.5, 0.6) is 5.75 Å².